The molecule has 0 bridgehead atoms. The number of fused-ring (bicyclic) bond motifs is 1. The van der Waals surface area contributed by atoms with Crippen molar-refractivity contribution in [1.29, 1.82) is 0 Å². The number of hydrogen-bond donors (Lipinski definition) is 1. The number of para-hydroxylation sites is 1. The third-order valence-electron chi connectivity index (χ3n) is 4.16. The molecule has 0 spiro atoms. The molecule has 0 amide bonds. The Balaban J connectivity index is 1.54. The number of anilines is 1. The van der Waals surface area contributed by atoms with Crippen LogP contribution in [0.5, 0.6) is 0 Å². The topological polar surface area (TPSA) is 15.3 Å². The average Bonchev–Trinajstić information content (AvgIpc) is 2.52. The predicted octanol–water partition coefficient (Wildman–Crippen LogP) is 3.48. The fraction of sp³-hybridized carbons (Fsp3) is 0.368. The van der Waals surface area contributed by atoms with Crippen molar-refractivity contribution in [3.63, 3.8) is 0 Å². The summed E-state index contributed by atoms with van der Waals surface area (Å²) >= 11 is 0. The first-order valence-electron chi connectivity index (χ1n) is 7.90. The zero-order valence-electron chi connectivity index (χ0n) is 12.8. The number of hydrogen-bond acceptors (Lipinski definition) is 2. The Morgan fingerprint density at radius 2 is 1.81 bits per heavy atom. The first kappa shape index (κ1) is 14.2. The van der Waals surface area contributed by atoms with E-state index in [1.165, 1.54) is 29.8 Å². The van der Waals surface area contributed by atoms with Crippen LogP contribution >= 0.6 is 0 Å². The first-order chi connectivity index (χ1) is 10.3. The highest BCUT2D eigenvalue weighted by molar-refractivity contribution is 5.55. The molecule has 1 aliphatic heterocycles. The lowest BCUT2D eigenvalue weighted by atomic mass is 9.94. The van der Waals surface area contributed by atoms with Gasteiger partial charge in [0.1, 0.15) is 0 Å². The Morgan fingerprint density at radius 1 is 1.05 bits per heavy atom. The van der Waals surface area contributed by atoms with Gasteiger partial charge in [0.2, 0.25) is 0 Å². The second kappa shape index (κ2) is 6.77. The average molecular weight is 280 g/mol. The lowest BCUT2D eigenvalue weighted by molar-refractivity contribution is 0.523. The van der Waals surface area contributed by atoms with E-state index in [-0.39, 0.29) is 0 Å². The van der Waals surface area contributed by atoms with Gasteiger partial charge in [0.25, 0.3) is 0 Å². The molecule has 0 saturated carbocycles. The normalized spacial score (nSPS) is 17.6. The van der Waals surface area contributed by atoms with E-state index >= 15 is 0 Å². The van der Waals surface area contributed by atoms with Crippen molar-refractivity contribution in [2.75, 3.05) is 24.5 Å². The summed E-state index contributed by atoms with van der Waals surface area (Å²) in [5, 5.41) is 3.55. The van der Waals surface area contributed by atoms with Crippen LogP contribution < -0.4 is 10.2 Å². The molecule has 1 heterocycles. The van der Waals surface area contributed by atoms with Crippen molar-refractivity contribution in [2.45, 2.75) is 19.9 Å². The molecule has 0 fully saturated rings. The maximum absolute atomic E-state index is 3.55. The zero-order chi connectivity index (χ0) is 14.5. The molecule has 110 valence electrons. The second-order valence-corrected chi connectivity index (χ2v) is 6.05. The second-order valence-electron chi connectivity index (χ2n) is 6.05. The van der Waals surface area contributed by atoms with E-state index < -0.39 is 0 Å². The minimum absolute atomic E-state index is 0.744. The zero-order valence-corrected chi connectivity index (χ0v) is 12.8. The van der Waals surface area contributed by atoms with Gasteiger partial charge in [0, 0.05) is 31.9 Å². The van der Waals surface area contributed by atoms with Gasteiger partial charge in [-0.3, -0.25) is 0 Å². The van der Waals surface area contributed by atoms with Crippen LogP contribution in [-0.4, -0.2) is 19.6 Å². The molecular formula is C19H24N2. The summed E-state index contributed by atoms with van der Waals surface area (Å²) in [4.78, 5) is 2.53. The van der Waals surface area contributed by atoms with Gasteiger partial charge in [-0.2, -0.15) is 0 Å². The Hall–Kier alpha value is -1.80. The fourth-order valence-electron chi connectivity index (χ4n) is 3.16. The van der Waals surface area contributed by atoms with E-state index in [1.54, 1.807) is 0 Å². The summed E-state index contributed by atoms with van der Waals surface area (Å²) in [5.74, 6) is 0.744. The Labute approximate surface area is 127 Å². The van der Waals surface area contributed by atoms with E-state index in [9.17, 15) is 0 Å². The van der Waals surface area contributed by atoms with E-state index in [0.717, 1.165) is 25.6 Å². The van der Waals surface area contributed by atoms with Crippen LogP contribution in [0.4, 0.5) is 5.69 Å². The van der Waals surface area contributed by atoms with Gasteiger partial charge in [0.15, 0.2) is 0 Å². The van der Waals surface area contributed by atoms with E-state index in [0.29, 0.717) is 0 Å². The Kier molecular flexibility index (Phi) is 4.56. The molecule has 2 aromatic carbocycles. The molecule has 1 unspecified atom stereocenters. The van der Waals surface area contributed by atoms with Gasteiger partial charge in [-0.15, -0.1) is 0 Å². The van der Waals surface area contributed by atoms with Gasteiger partial charge in [-0.1, -0.05) is 55.5 Å². The van der Waals surface area contributed by atoms with Gasteiger partial charge in [0.05, 0.1) is 0 Å². The SMILES string of the molecule is CC1Cc2ccccc2N(CCNCc2ccccc2)C1. The van der Waals surface area contributed by atoms with Crippen LogP contribution in [0.3, 0.4) is 0 Å². The summed E-state index contributed by atoms with van der Waals surface area (Å²) in [5.41, 5.74) is 4.28. The molecule has 0 aliphatic carbocycles. The van der Waals surface area contributed by atoms with Gasteiger partial charge >= 0.3 is 0 Å². The van der Waals surface area contributed by atoms with Crippen LogP contribution in [0.15, 0.2) is 54.6 Å². The number of nitrogens with one attached hydrogen (secondary N) is 1. The van der Waals surface area contributed by atoms with Crippen molar-refractivity contribution in [3.05, 3.63) is 65.7 Å². The van der Waals surface area contributed by atoms with Crippen molar-refractivity contribution in [3.8, 4) is 0 Å². The van der Waals surface area contributed by atoms with Gasteiger partial charge in [-0.05, 0) is 29.5 Å². The Bertz CT molecular complexity index is 565. The molecule has 3 rings (SSSR count). The summed E-state index contributed by atoms with van der Waals surface area (Å²) in [7, 11) is 0. The lowest BCUT2D eigenvalue weighted by Gasteiger charge is -2.35. The molecular weight excluding hydrogens is 256 g/mol. The minimum atomic E-state index is 0.744. The van der Waals surface area contributed by atoms with Crippen molar-refractivity contribution in [2.24, 2.45) is 5.92 Å². The maximum atomic E-state index is 3.55. The standard InChI is InChI=1S/C19H24N2/c1-16-13-18-9-5-6-10-19(18)21(15-16)12-11-20-14-17-7-3-2-4-8-17/h2-10,16,20H,11-15H2,1H3. The van der Waals surface area contributed by atoms with Crippen molar-refractivity contribution >= 4 is 5.69 Å². The smallest absolute Gasteiger partial charge is 0.0399 e. The summed E-state index contributed by atoms with van der Waals surface area (Å²) < 4.78 is 0. The first-order valence-corrected chi connectivity index (χ1v) is 7.90. The Morgan fingerprint density at radius 3 is 2.67 bits per heavy atom. The van der Waals surface area contributed by atoms with E-state index in [2.05, 4.69) is 71.7 Å². The lowest BCUT2D eigenvalue weighted by Crippen LogP contribution is -2.38. The van der Waals surface area contributed by atoms with Gasteiger partial charge < -0.3 is 10.2 Å². The maximum Gasteiger partial charge on any atom is 0.0399 e. The monoisotopic (exact) mass is 280 g/mol. The number of nitrogens with zero attached hydrogens (tertiary/aromatic N) is 1. The predicted molar refractivity (Wildman–Crippen MR) is 89.7 cm³/mol. The van der Waals surface area contributed by atoms with Gasteiger partial charge in [-0.25, -0.2) is 0 Å². The van der Waals surface area contributed by atoms with Crippen LogP contribution in [0.1, 0.15) is 18.1 Å². The summed E-state index contributed by atoms with van der Waals surface area (Å²) in [6, 6.07) is 19.4. The number of rotatable bonds is 5. The highest BCUT2D eigenvalue weighted by atomic mass is 15.2. The van der Waals surface area contributed by atoms with Crippen LogP contribution in [-0.2, 0) is 13.0 Å². The van der Waals surface area contributed by atoms with Crippen LogP contribution in [0.25, 0.3) is 0 Å². The highest BCUT2D eigenvalue weighted by Gasteiger charge is 2.20. The van der Waals surface area contributed by atoms with Crippen molar-refractivity contribution in [1.82, 2.24) is 5.32 Å². The molecule has 2 aromatic rings. The minimum Gasteiger partial charge on any atom is -0.370 e. The van der Waals surface area contributed by atoms with Crippen LogP contribution in [0.2, 0.25) is 0 Å². The molecule has 21 heavy (non-hydrogen) atoms. The molecule has 0 aromatic heterocycles. The molecule has 1 aliphatic rings. The number of benzene rings is 2. The molecule has 2 nitrogen and oxygen atoms in total. The molecule has 2 heteroatoms. The fourth-order valence-corrected chi connectivity index (χ4v) is 3.16. The van der Waals surface area contributed by atoms with Crippen LogP contribution in [0, 0.1) is 5.92 Å². The third-order valence-corrected chi connectivity index (χ3v) is 4.16. The quantitative estimate of drug-likeness (QED) is 0.844. The molecule has 0 radical (unpaired) electrons. The third kappa shape index (κ3) is 3.64. The highest BCUT2D eigenvalue weighted by Crippen LogP contribution is 2.28. The summed E-state index contributed by atoms with van der Waals surface area (Å²) in [6.45, 7) is 6.57. The molecule has 1 atom stereocenters. The molecule has 0 saturated heterocycles. The van der Waals surface area contributed by atoms with E-state index in [1.807, 2.05) is 0 Å². The molecule has 1 N–H and O–H groups in total. The van der Waals surface area contributed by atoms with Crippen molar-refractivity contribution < 1.29 is 0 Å². The van der Waals surface area contributed by atoms with E-state index in [4.69, 9.17) is 0 Å². The summed E-state index contributed by atoms with van der Waals surface area (Å²) in [6.07, 6.45) is 1.21. The largest absolute Gasteiger partial charge is 0.370 e.